The number of rotatable bonds is 5. The van der Waals surface area contributed by atoms with Gasteiger partial charge in [-0.15, -0.1) is 5.10 Å². The van der Waals surface area contributed by atoms with E-state index in [1.807, 2.05) is 38.1 Å². The fraction of sp³-hybridized carbons (Fsp3) is 0.200. The Morgan fingerprint density at radius 3 is 2.68 bits per heavy atom. The number of amides is 1. The van der Waals surface area contributed by atoms with Crippen molar-refractivity contribution in [1.82, 2.24) is 19.6 Å². The molecule has 0 aliphatic rings. The van der Waals surface area contributed by atoms with Crippen molar-refractivity contribution in [2.45, 2.75) is 30.7 Å². The summed E-state index contributed by atoms with van der Waals surface area (Å²) in [4.78, 5) is 22.0. The van der Waals surface area contributed by atoms with Crippen LogP contribution in [0, 0.1) is 12.7 Å². The van der Waals surface area contributed by atoms with Crippen LogP contribution in [0.5, 0.6) is 0 Å². The summed E-state index contributed by atoms with van der Waals surface area (Å²) in [6, 6.07) is 13.4. The molecule has 6 nitrogen and oxygen atoms in total. The highest BCUT2D eigenvalue weighted by molar-refractivity contribution is 8.00. The third-order valence-electron chi connectivity index (χ3n) is 4.28. The monoisotopic (exact) mass is 395 g/mol. The summed E-state index contributed by atoms with van der Waals surface area (Å²) >= 11 is 1.34. The zero-order chi connectivity index (χ0) is 19.7. The number of carbonyl (C=O) groups excluding carboxylic acids is 1. The highest BCUT2D eigenvalue weighted by atomic mass is 32.2. The number of nitrogens with one attached hydrogen (secondary N) is 1. The highest BCUT2D eigenvalue weighted by Crippen LogP contribution is 2.28. The maximum Gasteiger partial charge on any atom is 0.237 e. The molecule has 0 aliphatic heterocycles. The summed E-state index contributed by atoms with van der Waals surface area (Å²) in [5.41, 5.74) is 2.08. The Kier molecular flexibility index (Phi) is 4.95. The molecule has 8 heteroatoms. The van der Waals surface area contributed by atoms with E-state index in [4.69, 9.17) is 4.98 Å². The summed E-state index contributed by atoms with van der Waals surface area (Å²) in [6.45, 7) is 3.77. The molecule has 0 radical (unpaired) electrons. The van der Waals surface area contributed by atoms with Crippen LogP contribution in [-0.2, 0) is 4.79 Å². The maximum absolute atomic E-state index is 13.1. The van der Waals surface area contributed by atoms with E-state index in [0.717, 1.165) is 16.6 Å². The number of anilines is 1. The van der Waals surface area contributed by atoms with Crippen LogP contribution in [0.15, 0.2) is 53.7 Å². The molecule has 1 N–H and O–H groups in total. The summed E-state index contributed by atoms with van der Waals surface area (Å²) in [6.07, 6.45) is 0.599. The number of para-hydroxylation sites is 1. The molecule has 1 amide bonds. The third-order valence-corrected chi connectivity index (χ3v) is 5.58. The SMILES string of the molecule is CC[C@H](Sc1nc2ccccc2c2nc(C)nn12)C(=O)Nc1ccc(F)cc1. The molecule has 0 fully saturated rings. The average molecular weight is 395 g/mol. The van der Waals surface area contributed by atoms with E-state index < -0.39 is 0 Å². The van der Waals surface area contributed by atoms with Crippen LogP contribution < -0.4 is 5.32 Å². The van der Waals surface area contributed by atoms with Crippen LogP contribution >= 0.6 is 11.8 Å². The molecule has 0 bridgehead atoms. The third kappa shape index (κ3) is 3.55. The van der Waals surface area contributed by atoms with Crippen molar-refractivity contribution in [2.24, 2.45) is 0 Å². The van der Waals surface area contributed by atoms with Gasteiger partial charge in [0, 0.05) is 11.1 Å². The first-order chi connectivity index (χ1) is 13.5. The van der Waals surface area contributed by atoms with E-state index in [9.17, 15) is 9.18 Å². The highest BCUT2D eigenvalue weighted by Gasteiger charge is 2.22. The van der Waals surface area contributed by atoms with E-state index in [0.29, 0.717) is 23.1 Å². The largest absolute Gasteiger partial charge is 0.325 e. The first-order valence-corrected chi connectivity index (χ1v) is 9.78. The number of benzene rings is 2. The predicted octanol–water partition coefficient (Wildman–Crippen LogP) is 4.23. The Balaban J connectivity index is 1.66. The van der Waals surface area contributed by atoms with Gasteiger partial charge in [0.05, 0.1) is 10.8 Å². The minimum atomic E-state index is -0.383. The zero-order valence-electron chi connectivity index (χ0n) is 15.4. The Morgan fingerprint density at radius 1 is 1.18 bits per heavy atom. The van der Waals surface area contributed by atoms with Gasteiger partial charge in [-0.05, 0) is 49.7 Å². The number of aromatic nitrogens is 4. The van der Waals surface area contributed by atoms with Crippen molar-refractivity contribution >= 4 is 39.9 Å². The minimum Gasteiger partial charge on any atom is -0.325 e. The smallest absolute Gasteiger partial charge is 0.237 e. The molecule has 2 aromatic carbocycles. The van der Waals surface area contributed by atoms with Gasteiger partial charge >= 0.3 is 0 Å². The van der Waals surface area contributed by atoms with E-state index >= 15 is 0 Å². The van der Waals surface area contributed by atoms with Gasteiger partial charge in [0.15, 0.2) is 10.8 Å². The lowest BCUT2D eigenvalue weighted by Gasteiger charge is -2.15. The fourth-order valence-electron chi connectivity index (χ4n) is 2.92. The normalized spacial score (nSPS) is 12.4. The van der Waals surface area contributed by atoms with Gasteiger partial charge in [-0.3, -0.25) is 4.79 Å². The molecule has 0 aliphatic carbocycles. The molecule has 4 aromatic rings. The molecule has 0 saturated heterocycles. The number of fused-ring (bicyclic) bond motifs is 3. The summed E-state index contributed by atoms with van der Waals surface area (Å²) in [7, 11) is 0. The molecular weight excluding hydrogens is 377 g/mol. The fourth-order valence-corrected chi connectivity index (χ4v) is 3.88. The molecule has 28 heavy (non-hydrogen) atoms. The lowest BCUT2D eigenvalue weighted by molar-refractivity contribution is -0.115. The van der Waals surface area contributed by atoms with Crippen molar-refractivity contribution in [3.05, 3.63) is 60.2 Å². The number of thioether (sulfide) groups is 1. The molecule has 1 atom stereocenters. The molecule has 4 rings (SSSR count). The summed E-state index contributed by atoms with van der Waals surface area (Å²) in [5.74, 6) is 0.131. The van der Waals surface area contributed by atoms with Crippen molar-refractivity contribution in [3.8, 4) is 0 Å². The molecular formula is C20H18FN5OS. The van der Waals surface area contributed by atoms with E-state index in [1.165, 1.54) is 36.0 Å². The summed E-state index contributed by atoms with van der Waals surface area (Å²) < 4.78 is 14.8. The summed E-state index contributed by atoms with van der Waals surface area (Å²) in [5, 5.41) is 8.42. The Hall–Kier alpha value is -3.00. The number of halogens is 1. The minimum absolute atomic E-state index is 0.168. The second-order valence-corrected chi connectivity index (χ2v) is 7.49. The van der Waals surface area contributed by atoms with E-state index in [2.05, 4.69) is 15.4 Å². The predicted molar refractivity (Wildman–Crippen MR) is 108 cm³/mol. The van der Waals surface area contributed by atoms with Crippen molar-refractivity contribution in [2.75, 3.05) is 5.32 Å². The Bertz CT molecular complexity index is 1160. The molecule has 0 saturated carbocycles. The molecule has 0 spiro atoms. The number of hydrogen-bond acceptors (Lipinski definition) is 5. The number of carbonyl (C=O) groups is 1. The van der Waals surface area contributed by atoms with Gasteiger partial charge in [-0.1, -0.05) is 30.8 Å². The van der Waals surface area contributed by atoms with Crippen LogP contribution in [-0.4, -0.2) is 30.7 Å². The van der Waals surface area contributed by atoms with Crippen LogP contribution in [0.1, 0.15) is 19.2 Å². The van der Waals surface area contributed by atoms with Gasteiger partial charge in [0.1, 0.15) is 11.6 Å². The quantitative estimate of drug-likeness (QED) is 0.404. The Labute approximate surface area is 165 Å². The van der Waals surface area contributed by atoms with Gasteiger partial charge in [-0.25, -0.2) is 14.4 Å². The molecule has 2 aromatic heterocycles. The van der Waals surface area contributed by atoms with E-state index in [1.54, 1.807) is 4.52 Å². The van der Waals surface area contributed by atoms with Gasteiger partial charge < -0.3 is 5.32 Å². The Morgan fingerprint density at radius 2 is 1.93 bits per heavy atom. The first-order valence-electron chi connectivity index (χ1n) is 8.90. The second-order valence-electron chi connectivity index (χ2n) is 6.32. The zero-order valence-corrected chi connectivity index (χ0v) is 16.2. The topological polar surface area (TPSA) is 72.2 Å². The van der Waals surface area contributed by atoms with Crippen molar-refractivity contribution in [1.29, 1.82) is 0 Å². The molecule has 2 heterocycles. The first kappa shape index (κ1) is 18.4. The standard InChI is InChI=1S/C20H18FN5OS/c1-3-17(19(27)23-14-10-8-13(21)9-11-14)28-20-24-16-7-5-4-6-15(16)18-22-12(2)25-26(18)20/h4-11,17H,3H2,1-2H3,(H,23,27)/t17-/m0/s1. The van der Waals surface area contributed by atoms with Crippen LogP contribution in [0.2, 0.25) is 0 Å². The number of hydrogen-bond donors (Lipinski definition) is 1. The number of aryl methyl sites for hydroxylation is 1. The maximum atomic E-state index is 13.1. The lowest BCUT2D eigenvalue weighted by Crippen LogP contribution is -2.25. The van der Waals surface area contributed by atoms with E-state index in [-0.39, 0.29) is 17.0 Å². The van der Waals surface area contributed by atoms with Gasteiger partial charge in [0.25, 0.3) is 0 Å². The molecule has 0 unspecified atom stereocenters. The second kappa shape index (κ2) is 7.55. The molecule has 142 valence electrons. The van der Waals surface area contributed by atoms with Gasteiger partial charge in [-0.2, -0.15) is 4.52 Å². The van der Waals surface area contributed by atoms with Crippen molar-refractivity contribution in [3.63, 3.8) is 0 Å². The number of nitrogens with zero attached hydrogens (tertiary/aromatic N) is 4. The average Bonchev–Trinajstić information content (AvgIpc) is 3.09. The van der Waals surface area contributed by atoms with Gasteiger partial charge in [0.2, 0.25) is 5.91 Å². The van der Waals surface area contributed by atoms with Crippen LogP contribution in [0.25, 0.3) is 16.6 Å². The van der Waals surface area contributed by atoms with Crippen molar-refractivity contribution < 1.29 is 9.18 Å². The lowest BCUT2D eigenvalue weighted by atomic mass is 10.2. The van der Waals surface area contributed by atoms with Crippen LogP contribution in [0.4, 0.5) is 10.1 Å². The van der Waals surface area contributed by atoms with Crippen LogP contribution in [0.3, 0.4) is 0 Å².